The first kappa shape index (κ1) is 85.8. The van der Waals surface area contributed by atoms with Crippen LogP contribution in [0, 0.1) is 0 Å². The number of carbonyl (C=O) groups is 5. The van der Waals surface area contributed by atoms with E-state index in [1.165, 1.54) is 36.9 Å². The van der Waals surface area contributed by atoms with E-state index in [4.69, 9.17) is 24.1 Å². The number of amides is 2. The summed E-state index contributed by atoms with van der Waals surface area (Å²) in [6.45, 7) is 7.51. The van der Waals surface area contributed by atoms with E-state index >= 15 is 0 Å². The molecule has 0 aliphatic rings. The zero-order chi connectivity index (χ0) is 39.0. The first-order valence-electron chi connectivity index (χ1n) is 13.9. The summed E-state index contributed by atoms with van der Waals surface area (Å²) in [5, 5.41) is 30.7. The number of phenolic OH excluding ortho intramolecular Hbond substituents is 2. The number of hydrogen-bond acceptors (Lipinski definition) is 14. The Kier molecular flexibility index (Phi) is 67.1. The van der Waals surface area contributed by atoms with E-state index in [1.54, 1.807) is 25.9 Å². The summed E-state index contributed by atoms with van der Waals surface area (Å²) in [4.78, 5) is 54.7. The predicted octanol–water partition coefficient (Wildman–Crippen LogP) is 5.21. The third-order valence-electron chi connectivity index (χ3n) is 5.35. The molecule has 2 aromatic rings. The molecule has 0 aliphatic heterocycles. The van der Waals surface area contributed by atoms with Crippen molar-refractivity contribution in [3.8, 4) is 11.5 Å². The Labute approximate surface area is 352 Å². The van der Waals surface area contributed by atoms with Crippen molar-refractivity contribution in [2.45, 2.75) is 104 Å². The largest absolute Gasteiger partial charge is 0.508 e. The molecule has 2 aromatic carbocycles. The number of carbonyl (C=O) groups excluding carboxylic acids is 5. The van der Waals surface area contributed by atoms with Gasteiger partial charge in [0.2, 0.25) is 11.8 Å². The Morgan fingerprint density at radius 2 is 1.10 bits per heavy atom. The van der Waals surface area contributed by atoms with Crippen LogP contribution >= 0.6 is 0 Å². The van der Waals surface area contributed by atoms with Crippen molar-refractivity contribution >= 4 is 50.4 Å². The molecule has 20 heteroatoms. The Hall–Kier alpha value is -4.31. The van der Waals surface area contributed by atoms with Crippen LogP contribution in [0.4, 0.5) is 0 Å². The average Bonchev–Trinajstić information content (AvgIpc) is 3.01. The molecular weight excluding hydrogens is 801 g/mol. The molecule has 0 aromatic heterocycles. The number of nitrogens with one attached hydrogen (secondary N) is 2. The van der Waals surface area contributed by atoms with Gasteiger partial charge in [0.05, 0.1) is 36.0 Å². The van der Waals surface area contributed by atoms with E-state index in [-0.39, 0.29) is 150 Å². The monoisotopic (exact) mass is 883 g/mol. The quantitative estimate of drug-likeness (QED) is 0.127. The molecule has 0 fully saturated rings. The number of likely N-dealkylation sites (N-methyl/N-ethyl adjacent to an activating group) is 3. The minimum atomic E-state index is -4.37. The van der Waals surface area contributed by atoms with Gasteiger partial charge < -0.3 is 35.6 Å². The number of rotatable bonds is 13. The highest BCUT2D eigenvalue weighted by molar-refractivity contribution is 7.86. The standard InChI is InChI=1S/C15H22N2O6S.C6H12N2O2.C6H6O4S.CH4O.CH2O.9CH4/c1-4-17(8-11(2)18)15(20)10-16(3)9-12-7-13(24(21,22)23)5-6-14(12)19;1-5(9)3-8-6(10)4-7-2;7-5-1-3-6(4-2-5)11(8,9)10;2*1-2;;;;;;;;;/h5-7,19H,4,8-10H2,1-3H3,(H,21,22,23);7H,3-4H2,1-2H3,(H,8,10);1-4,7H,(H,8,9,10);2H,1H3;1H2;9*1H4. The minimum Gasteiger partial charge on any atom is -0.508 e. The maximum Gasteiger partial charge on any atom is 0.294 e. The van der Waals surface area contributed by atoms with Crippen molar-refractivity contribution in [1.82, 2.24) is 20.4 Å². The number of ketones is 2. The van der Waals surface area contributed by atoms with Gasteiger partial charge in [0.1, 0.15) is 29.9 Å². The van der Waals surface area contributed by atoms with E-state index < -0.39 is 20.2 Å². The van der Waals surface area contributed by atoms with Gasteiger partial charge in [0, 0.05) is 25.8 Å². The summed E-state index contributed by atoms with van der Waals surface area (Å²) in [5.41, 5.74) is 0.259. The lowest BCUT2D eigenvalue weighted by molar-refractivity contribution is -0.135. The fourth-order valence-electron chi connectivity index (χ4n) is 3.24. The molecule has 2 rings (SSSR count). The van der Waals surface area contributed by atoms with Crippen LogP contribution in [0.2, 0.25) is 0 Å². The minimum absolute atomic E-state index is 0. The lowest BCUT2D eigenvalue weighted by Crippen LogP contribution is -2.41. The number of aromatic hydroxyl groups is 2. The number of aliphatic hydroxyl groups excluding tert-OH is 1. The smallest absolute Gasteiger partial charge is 0.294 e. The fraction of sp³-hybridized carbons (Fsp3) is 0.553. The second-order valence-corrected chi connectivity index (χ2v) is 12.4. The summed E-state index contributed by atoms with van der Waals surface area (Å²) in [7, 11) is -4.21. The van der Waals surface area contributed by atoms with Gasteiger partial charge in [-0.15, -0.1) is 0 Å². The van der Waals surface area contributed by atoms with Crippen molar-refractivity contribution in [3.63, 3.8) is 0 Å². The third-order valence-corrected chi connectivity index (χ3v) is 7.07. The van der Waals surface area contributed by atoms with E-state index in [2.05, 4.69) is 10.6 Å². The van der Waals surface area contributed by atoms with Crippen LogP contribution in [0.3, 0.4) is 0 Å². The van der Waals surface area contributed by atoms with Crippen LogP contribution < -0.4 is 10.6 Å². The van der Waals surface area contributed by atoms with Gasteiger partial charge in [-0.25, -0.2) is 0 Å². The average molecular weight is 883 g/mol. The SMILES string of the molecule is C.C.C.C.C.C.C.C.C.C=O.CCN(CC(C)=O)C(=O)CN(C)Cc1cc(S(=O)(=O)O)ccc1O.CNCC(=O)NCC(C)=O.CO.O=S(=O)(O)c1ccc(O)cc1. The van der Waals surface area contributed by atoms with Crippen LogP contribution in [0.25, 0.3) is 0 Å². The van der Waals surface area contributed by atoms with Crippen molar-refractivity contribution in [3.05, 3.63) is 48.0 Å². The highest BCUT2D eigenvalue weighted by Gasteiger charge is 2.18. The molecule has 0 saturated carbocycles. The van der Waals surface area contributed by atoms with Crippen LogP contribution in [0.15, 0.2) is 52.3 Å². The lowest BCUT2D eigenvalue weighted by atomic mass is 10.2. The van der Waals surface area contributed by atoms with Crippen molar-refractivity contribution in [2.75, 3.05) is 53.9 Å². The van der Waals surface area contributed by atoms with Crippen LogP contribution in [0.1, 0.15) is 93.2 Å². The molecule has 18 nitrogen and oxygen atoms in total. The highest BCUT2D eigenvalue weighted by Crippen LogP contribution is 2.22. The number of nitrogens with zero attached hydrogens (tertiary/aromatic N) is 2. The number of phenols is 2. The van der Waals surface area contributed by atoms with Gasteiger partial charge in [0.15, 0.2) is 0 Å². The molecule has 0 atom stereocenters. The predicted molar refractivity (Wildman–Crippen MR) is 239 cm³/mol. The maximum atomic E-state index is 12.2. The molecule has 0 saturated heterocycles. The summed E-state index contributed by atoms with van der Waals surface area (Å²) in [5.74, 6) is -0.746. The van der Waals surface area contributed by atoms with Crippen LogP contribution in [-0.4, -0.2) is 135 Å². The summed E-state index contributed by atoms with van der Waals surface area (Å²) in [6.07, 6.45) is 0. The molecule has 58 heavy (non-hydrogen) atoms. The summed E-state index contributed by atoms with van der Waals surface area (Å²) >= 11 is 0. The topological polar surface area (TPSA) is 285 Å². The fourth-order valence-corrected chi connectivity index (χ4v) is 4.25. The van der Waals surface area contributed by atoms with Crippen molar-refractivity contribution < 1.29 is 65.2 Å². The van der Waals surface area contributed by atoms with Crippen LogP contribution in [0.5, 0.6) is 11.5 Å². The molecule has 0 spiro atoms. The van der Waals surface area contributed by atoms with E-state index in [0.717, 1.165) is 31.4 Å². The highest BCUT2D eigenvalue weighted by atomic mass is 32.2. The van der Waals surface area contributed by atoms with E-state index in [9.17, 15) is 41.1 Å². The number of hydrogen-bond donors (Lipinski definition) is 7. The first-order valence-corrected chi connectivity index (χ1v) is 16.7. The number of benzene rings is 2. The first-order chi connectivity index (χ1) is 22.7. The van der Waals surface area contributed by atoms with Gasteiger partial charge in [-0.05, 0) is 77.3 Å². The molecule has 0 unspecified atom stereocenters. The maximum absolute atomic E-state index is 12.2. The second-order valence-electron chi connectivity index (χ2n) is 9.53. The number of Topliss-reactive ketones (excluding diaryl/α,β-unsaturated/α-hetero) is 2. The Balaban J connectivity index is -0.0000000535. The lowest BCUT2D eigenvalue weighted by Gasteiger charge is -2.23. The Morgan fingerprint density at radius 1 is 0.690 bits per heavy atom. The molecule has 2 amide bonds. The Morgan fingerprint density at radius 3 is 1.45 bits per heavy atom. The normalized spacial score (nSPS) is 8.66. The van der Waals surface area contributed by atoms with E-state index in [1.807, 2.05) is 6.79 Å². The molecule has 0 radical (unpaired) electrons. The summed E-state index contributed by atoms with van der Waals surface area (Å²) in [6, 6.07) is 8.01. The summed E-state index contributed by atoms with van der Waals surface area (Å²) < 4.78 is 60.7. The number of aliphatic hydroxyl groups is 1. The van der Waals surface area contributed by atoms with Gasteiger partial charge in [-0.1, -0.05) is 66.8 Å². The van der Waals surface area contributed by atoms with E-state index in [0.29, 0.717) is 6.54 Å². The Bertz CT molecular complexity index is 1540. The molecule has 0 bridgehead atoms. The van der Waals surface area contributed by atoms with Crippen molar-refractivity contribution in [2.24, 2.45) is 0 Å². The van der Waals surface area contributed by atoms with Gasteiger partial charge in [-0.2, -0.15) is 16.8 Å². The van der Waals surface area contributed by atoms with Gasteiger partial charge in [0.25, 0.3) is 20.2 Å². The van der Waals surface area contributed by atoms with Crippen LogP contribution in [-0.2, 0) is 50.8 Å². The molecule has 0 aliphatic carbocycles. The molecule has 350 valence electrons. The second kappa shape index (κ2) is 45.4. The third kappa shape index (κ3) is 41.3. The van der Waals surface area contributed by atoms with Crippen molar-refractivity contribution in [1.29, 1.82) is 0 Å². The van der Waals surface area contributed by atoms with Gasteiger partial charge in [-0.3, -0.25) is 33.2 Å². The molecule has 0 heterocycles. The zero-order valence-electron chi connectivity index (χ0n) is 28.1. The zero-order valence-corrected chi connectivity index (χ0v) is 29.7. The molecule has 7 N–H and O–H groups in total. The molecular formula is C38H82N4O14S2. The van der Waals surface area contributed by atoms with Gasteiger partial charge >= 0.3 is 0 Å².